The van der Waals surface area contributed by atoms with Gasteiger partial charge in [-0.3, -0.25) is 9.59 Å². The molecule has 0 radical (unpaired) electrons. The Morgan fingerprint density at radius 2 is 1.70 bits per heavy atom. The monoisotopic (exact) mass is 479 g/mol. The van der Waals surface area contributed by atoms with E-state index < -0.39 is 0 Å². The van der Waals surface area contributed by atoms with Crippen LogP contribution in [0.4, 0.5) is 5.69 Å². The van der Waals surface area contributed by atoms with Gasteiger partial charge in [-0.2, -0.15) is 0 Å². The van der Waals surface area contributed by atoms with Gasteiger partial charge in [0.2, 0.25) is 11.7 Å². The van der Waals surface area contributed by atoms with Crippen molar-refractivity contribution in [3.8, 4) is 0 Å². The SMILES string of the molecule is O=C(C=Cc1ccccc1)Nc1c(C(=O)c2ccc(Cl)cc2)oc2ccc(Br)cc12. The van der Waals surface area contributed by atoms with Crippen LogP contribution in [0.3, 0.4) is 0 Å². The van der Waals surface area contributed by atoms with Crippen LogP contribution in [0.2, 0.25) is 5.02 Å². The summed E-state index contributed by atoms with van der Waals surface area (Å²) in [6.07, 6.45) is 3.12. The summed E-state index contributed by atoms with van der Waals surface area (Å²) in [5, 5.41) is 3.96. The number of ketones is 1. The molecule has 0 saturated heterocycles. The predicted octanol–water partition coefficient (Wildman–Crippen LogP) is 6.73. The molecule has 1 aromatic heterocycles. The lowest BCUT2D eigenvalue weighted by Gasteiger charge is -2.04. The van der Waals surface area contributed by atoms with E-state index in [0.717, 1.165) is 10.0 Å². The standard InChI is InChI=1S/C24H15BrClNO3/c25-17-9-12-20-19(14-17)22(27-21(28)13-6-15-4-2-1-3-5-15)24(30-20)23(29)16-7-10-18(26)11-8-16/h1-14H,(H,27,28). The van der Waals surface area contributed by atoms with Crippen LogP contribution in [0, 0.1) is 0 Å². The number of hydrogen-bond donors (Lipinski definition) is 1. The molecule has 1 heterocycles. The lowest BCUT2D eigenvalue weighted by molar-refractivity contribution is -0.111. The average Bonchev–Trinajstić information content (AvgIpc) is 3.10. The second kappa shape index (κ2) is 8.69. The third-order valence-electron chi connectivity index (χ3n) is 4.44. The fraction of sp³-hybridized carbons (Fsp3) is 0. The minimum absolute atomic E-state index is 0.0619. The Morgan fingerprint density at radius 3 is 2.43 bits per heavy atom. The molecule has 4 nitrogen and oxygen atoms in total. The fourth-order valence-electron chi connectivity index (χ4n) is 2.99. The Morgan fingerprint density at radius 1 is 0.967 bits per heavy atom. The number of benzene rings is 3. The molecule has 0 aliphatic heterocycles. The van der Waals surface area contributed by atoms with Crippen LogP contribution < -0.4 is 5.32 Å². The molecule has 0 unspecified atom stereocenters. The van der Waals surface area contributed by atoms with Crippen LogP contribution in [0.25, 0.3) is 17.0 Å². The van der Waals surface area contributed by atoms with Crippen molar-refractivity contribution in [2.75, 3.05) is 5.32 Å². The van der Waals surface area contributed by atoms with Gasteiger partial charge in [0.15, 0.2) is 5.76 Å². The van der Waals surface area contributed by atoms with Crippen LogP contribution in [0.1, 0.15) is 21.7 Å². The highest BCUT2D eigenvalue weighted by atomic mass is 79.9. The van der Waals surface area contributed by atoms with Crippen molar-refractivity contribution in [1.82, 2.24) is 0 Å². The number of anilines is 1. The zero-order valence-electron chi connectivity index (χ0n) is 15.6. The average molecular weight is 481 g/mol. The number of rotatable bonds is 5. The molecule has 0 bridgehead atoms. The fourth-order valence-corrected chi connectivity index (χ4v) is 3.47. The smallest absolute Gasteiger partial charge is 0.248 e. The van der Waals surface area contributed by atoms with Gasteiger partial charge >= 0.3 is 0 Å². The number of halogens is 2. The Balaban J connectivity index is 1.71. The predicted molar refractivity (Wildman–Crippen MR) is 123 cm³/mol. The topological polar surface area (TPSA) is 59.3 Å². The zero-order valence-corrected chi connectivity index (χ0v) is 17.9. The summed E-state index contributed by atoms with van der Waals surface area (Å²) >= 11 is 9.35. The molecule has 3 aromatic carbocycles. The molecule has 1 N–H and O–H groups in total. The number of furan rings is 1. The molecular weight excluding hydrogens is 466 g/mol. The van der Waals surface area contributed by atoms with Gasteiger partial charge in [0.25, 0.3) is 0 Å². The summed E-state index contributed by atoms with van der Waals surface area (Å²) in [6, 6.07) is 21.3. The molecule has 0 atom stereocenters. The molecule has 4 rings (SSSR count). The van der Waals surface area contributed by atoms with Gasteiger partial charge in [-0.15, -0.1) is 0 Å². The number of carbonyl (C=O) groups is 2. The van der Waals surface area contributed by atoms with Crippen molar-refractivity contribution in [2.45, 2.75) is 0 Å². The molecule has 0 spiro atoms. The summed E-state index contributed by atoms with van der Waals surface area (Å²) in [5.74, 6) is -0.653. The number of hydrogen-bond acceptors (Lipinski definition) is 3. The quantitative estimate of drug-likeness (QED) is 0.254. The minimum atomic E-state index is -0.369. The summed E-state index contributed by atoms with van der Waals surface area (Å²) in [4.78, 5) is 25.7. The van der Waals surface area contributed by atoms with Crippen LogP contribution in [0.15, 0.2) is 87.8 Å². The number of amides is 1. The van der Waals surface area contributed by atoms with Crippen molar-refractivity contribution < 1.29 is 14.0 Å². The molecule has 6 heteroatoms. The maximum Gasteiger partial charge on any atom is 0.248 e. The zero-order chi connectivity index (χ0) is 21.1. The maximum atomic E-state index is 13.1. The first kappa shape index (κ1) is 20.1. The Kier molecular flexibility index (Phi) is 5.84. The summed E-state index contributed by atoms with van der Waals surface area (Å²) in [6.45, 7) is 0. The molecule has 0 aliphatic carbocycles. The molecule has 148 valence electrons. The maximum absolute atomic E-state index is 13.1. The van der Waals surface area contributed by atoms with Crippen molar-refractivity contribution in [1.29, 1.82) is 0 Å². The second-order valence-corrected chi connectivity index (χ2v) is 7.87. The van der Waals surface area contributed by atoms with E-state index in [1.807, 2.05) is 36.4 Å². The summed E-state index contributed by atoms with van der Waals surface area (Å²) in [7, 11) is 0. The Bertz CT molecular complexity index is 1260. The van der Waals surface area contributed by atoms with E-state index in [0.29, 0.717) is 27.2 Å². The third kappa shape index (κ3) is 4.37. The number of nitrogens with one attached hydrogen (secondary N) is 1. The highest BCUT2D eigenvalue weighted by Crippen LogP contribution is 2.34. The van der Waals surface area contributed by atoms with Gasteiger partial charge in [-0.05, 0) is 54.1 Å². The Labute approximate surface area is 186 Å². The van der Waals surface area contributed by atoms with Gasteiger partial charge in [0.05, 0.1) is 5.69 Å². The molecule has 0 fully saturated rings. The number of carbonyl (C=O) groups excluding carboxylic acids is 2. The van der Waals surface area contributed by atoms with E-state index in [9.17, 15) is 9.59 Å². The summed E-state index contributed by atoms with van der Waals surface area (Å²) < 4.78 is 6.62. The van der Waals surface area contributed by atoms with Crippen molar-refractivity contribution in [3.05, 3.63) is 105 Å². The third-order valence-corrected chi connectivity index (χ3v) is 5.18. The van der Waals surface area contributed by atoms with E-state index in [4.69, 9.17) is 16.0 Å². The van der Waals surface area contributed by atoms with Gasteiger partial charge in [-0.1, -0.05) is 57.9 Å². The van der Waals surface area contributed by atoms with Crippen LogP contribution in [-0.4, -0.2) is 11.7 Å². The van der Waals surface area contributed by atoms with E-state index in [-0.39, 0.29) is 17.5 Å². The van der Waals surface area contributed by atoms with Crippen LogP contribution >= 0.6 is 27.5 Å². The van der Waals surface area contributed by atoms with E-state index >= 15 is 0 Å². The largest absolute Gasteiger partial charge is 0.450 e. The van der Waals surface area contributed by atoms with Crippen LogP contribution in [-0.2, 0) is 4.79 Å². The minimum Gasteiger partial charge on any atom is -0.450 e. The molecule has 30 heavy (non-hydrogen) atoms. The Hall–Kier alpha value is -3.15. The first-order chi connectivity index (χ1) is 14.5. The van der Waals surface area contributed by atoms with E-state index in [1.165, 1.54) is 6.08 Å². The second-order valence-electron chi connectivity index (χ2n) is 6.52. The first-order valence-electron chi connectivity index (χ1n) is 9.08. The lowest BCUT2D eigenvalue weighted by Crippen LogP contribution is -2.11. The van der Waals surface area contributed by atoms with Crippen LogP contribution in [0.5, 0.6) is 0 Å². The van der Waals surface area contributed by atoms with E-state index in [2.05, 4.69) is 21.2 Å². The summed E-state index contributed by atoms with van der Waals surface area (Å²) in [5.41, 5.74) is 2.13. The molecule has 0 aliphatic rings. The molecule has 0 saturated carbocycles. The molecule has 4 aromatic rings. The normalized spacial score (nSPS) is 11.1. The van der Waals surface area contributed by atoms with Gasteiger partial charge < -0.3 is 9.73 Å². The van der Waals surface area contributed by atoms with Gasteiger partial charge in [0.1, 0.15) is 5.58 Å². The highest BCUT2D eigenvalue weighted by molar-refractivity contribution is 9.10. The first-order valence-corrected chi connectivity index (χ1v) is 10.2. The highest BCUT2D eigenvalue weighted by Gasteiger charge is 2.23. The molecular formula is C24H15BrClNO3. The lowest BCUT2D eigenvalue weighted by atomic mass is 10.1. The van der Waals surface area contributed by atoms with Gasteiger partial charge in [0, 0.05) is 26.5 Å². The van der Waals surface area contributed by atoms with Crippen molar-refractivity contribution >= 4 is 62.0 Å². The van der Waals surface area contributed by atoms with Crippen molar-refractivity contribution in [2.24, 2.45) is 0 Å². The van der Waals surface area contributed by atoms with Crippen molar-refractivity contribution in [3.63, 3.8) is 0 Å². The molecule has 1 amide bonds. The van der Waals surface area contributed by atoms with Gasteiger partial charge in [-0.25, -0.2) is 0 Å². The van der Waals surface area contributed by atoms with E-state index in [1.54, 1.807) is 42.5 Å². The number of fused-ring (bicyclic) bond motifs is 1.